The summed E-state index contributed by atoms with van der Waals surface area (Å²) in [6, 6.07) is 19.9. The summed E-state index contributed by atoms with van der Waals surface area (Å²) < 4.78 is 1.68. The van der Waals surface area contributed by atoms with Crippen molar-refractivity contribution in [2.45, 2.75) is 6.04 Å². The van der Waals surface area contributed by atoms with Crippen LogP contribution in [-0.4, -0.2) is 25.8 Å². The number of rotatable bonds is 4. The topological polar surface area (TPSA) is 60.7 Å². The maximum absolute atomic E-state index is 13.2. The van der Waals surface area contributed by atoms with Gasteiger partial charge < -0.3 is 0 Å². The lowest BCUT2D eigenvalue weighted by Gasteiger charge is -2.17. The molecule has 0 spiro atoms. The first kappa shape index (κ1) is 14.3. The van der Waals surface area contributed by atoms with Crippen LogP contribution in [0.3, 0.4) is 0 Å². The number of benzene rings is 2. The van der Waals surface area contributed by atoms with Crippen LogP contribution in [0.15, 0.2) is 79.1 Å². The first-order chi connectivity index (χ1) is 11.8. The second-order valence-electron chi connectivity index (χ2n) is 5.44. The number of pyridine rings is 1. The smallest absolute Gasteiger partial charge is 0.191 e. The number of hydrogen-bond acceptors (Lipinski definition) is 4. The highest BCUT2D eigenvalue weighted by molar-refractivity contribution is 6.01. The molecule has 4 aromatic rings. The molecule has 0 N–H and O–H groups in total. The van der Waals surface area contributed by atoms with Gasteiger partial charge in [0.25, 0.3) is 0 Å². The lowest BCUT2D eigenvalue weighted by molar-refractivity contribution is 0.0941. The fraction of sp³-hybridized carbons (Fsp3) is 0.0526. The molecular formula is C19H14N4O. The molecule has 0 saturated heterocycles. The Labute approximate surface area is 138 Å². The minimum Gasteiger partial charge on any atom is -0.291 e. The molecule has 5 nitrogen and oxygen atoms in total. The number of ketones is 1. The van der Waals surface area contributed by atoms with Crippen molar-refractivity contribution in [2.24, 2.45) is 0 Å². The van der Waals surface area contributed by atoms with Crippen LogP contribution in [0.2, 0.25) is 0 Å². The van der Waals surface area contributed by atoms with E-state index < -0.39 is 6.04 Å². The van der Waals surface area contributed by atoms with Crippen LogP contribution in [0.1, 0.15) is 22.0 Å². The second kappa shape index (κ2) is 6.04. The van der Waals surface area contributed by atoms with Crippen LogP contribution < -0.4 is 0 Å². The molecule has 0 aliphatic heterocycles. The van der Waals surface area contributed by atoms with Crippen molar-refractivity contribution >= 4 is 16.8 Å². The Hall–Kier alpha value is -3.34. The van der Waals surface area contributed by atoms with Gasteiger partial charge in [-0.3, -0.25) is 9.78 Å². The van der Waals surface area contributed by atoms with E-state index in [0.717, 1.165) is 16.6 Å². The number of para-hydroxylation sites is 1. The average Bonchev–Trinajstić information content (AvgIpc) is 3.07. The van der Waals surface area contributed by atoms with E-state index in [9.17, 15) is 4.79 Å². The number of nitrogens with zero attached hydrogens (tertiary/aromatic N) is 4. The Morgan fingerprint density at radius 3 is 2.38 bits per heavy atom. The number of fused-ring (bicyclic) bond motifs is 1. The zero-order valence-corrected chi connectivity index (χ0v) is 12.8. The minimum absolute atomic E-state index is 0.0301. The maximum Gasteiger partial charge on any atom is 0.191 e. The molecular weight excluding hydrogens is 300 g/mol. The van der Waals surface area contributed by atoms with Gasteiger partial charge in [0, 0.05) is 18.0 Å². The van der Waals surface area contributed by atoms with Gasteiger partial charge in [0.2, 0.25) is 0 Å². The van der Waals surface area contributed by atoms with Crippen molar-refractivity contribution < 1.29 is 4.79 Å². The second-order valence-corrected chi connectivity index (χ2v) is 5.44. The minimum atomic E-state index is -0.581. The van der Waals surface area contributed by atoms with E-state index in [4.69, 9.17) is 0 Å². The van der Waals surface area contributed by atoms with E-state index in [0.29, 0.717) is 5.56 Å². The number of aromatic nitrogens is 4. The summed E-state index contributed by atoms with van der Waals surface area (Å²) in [5, 5.41) is 8.43. The molecule has 2 heterocycles. The molecule has 2 aromatic carbocycles. The molecule has 116 valence electrons. The predicted octanol–water partition coefficient (Wildman–Crippen LogP) is 3.30. The van der Waals surface area contributed by atoms with E-state index in [2.05, 4.69) is 15.3 Å². The van der Waals surface area contributed by atoms with Gasteiger partial charge in [-0.25, -0.2) is 4.68 Å². The molecule has 2 aromatic heterocycles. The zero-order valence-electron chi connectivity index (χ0n) is 12.8. The molecule has 0 fully saturated rings. The molecule has 0 radical (unpaired) electrons. The molecule has 5 heteroatoms. The Morgan fingerprint density at radius 2 is 1.58 bits per heavy atom. The first-order valence-electron chi connectivity index (χ1n) is 7.64. The van der Waals surface area contributed by atoms with Gasteiger partial charge in [-0.2, -0.15) is 0 Å². The summed E-state index contributed by atoms with van der Waals surface area (Å²) in [7, 11) is 0. The number of carbonyl (C=O) groups excluding carboxylic acids is 1. The molecule has 24 heavy (non-hydrogen) atoms. The van der Waals surface area contributed by atoms with E-state index in [1.54, 1.807) is 17.1 Å². The Balaban J connectivity index is 1.90. The monoisotopic (exact) mass is 314 g/mol. The van der Waals surface area contributed by atoms with E-state index >= 15 is 0 Å². The van der Waals surface area contributed by atoms with Crippen LogP contribution in [0, 0.1) is 0 Å². The van der Waals surface area contributed by atoms with E-state index in [1.807, 2.05) is 66.7 Å². The molecule has 0 amide bonds. The van der Waals surface area contributed by atoms with Crippen LogP contribution >= 0.6 is 0 Å². The Morgan fingerprint density at radius 1 is 0.875 bits per heavy atom. The van der Waals surface area contributed by atoms with Gasteiger partial charge in [-0.1, -0.05) is 47.7 Å². The maximum atomic E-state index is 13.2. The number of carbonyl (C=O) groups is 1. The third kappa shape index (κ3) is 2.46. The van der Waals surface area contributed by atoms with Gasteiger partial charge in [-0.05, 0) is 29.8 Å². The van der Waals surface area contributed by atoms with Gasteiger partial charge >= 0.3 is 0 Å². The highest BCUT2D eigenvalue weighted by Crippen LogP contribution is 2.25. The lowest BCUT2D eigenvalue weighted by atomic mass is 9.98. The summed E-state index contributed by atoms with van der Waals surface area (Å²) in [5.41, 5.74) is 3.05. The summed E-state index contributed by atoms with van der Waals surface area (Å²) in [6.45, 7) is 0. The quantitative estimate of drug-likeness (QED) is 0.542. The highest BCUT2D eigenvalue weighted by Gasteiger charge is 2.26. The van der Waals surface area contributed by atoms with Crippen molar-refractivity contribution in [1.29, 1.82) is 0 Å². The van der Waals surface area contributed by atoms with Crippen molar-refractivity contribution in [3.8, 4) is 0 Å². The molecule has 0 bridgehead atoms. The van der Waals surface area contributed by atoms with E-state index in [-0.39, 0.29) is 5.78 Å². The Kier molecular flexibility index (Phi) is 3.59. The fourth-order valence-corrected chi connectivity index (χ4v) is 2.79. The number of hydrogen-bond donors (Lipinski definition) is 0. The predicted molar refractivity (Wildman–Crippen MR) is 90.7 cm³/mol. The van der Waals surface area contributed by atoms with Crippen LogP contribution in [0.5, 0.6) is 0 Å². The summed E-state index contributed by atoms with van der Waals surface area (Å²) >= 11 is 0. The molecule has 0 aliphatic carbocycles. The molecule has 1 atom stereocenters. The third-order valence-electron chi connectivity index (χ3n) is 3.95. The van der Waals surface area contributed by atoms with Crippen molar-refractivity contribution in [3.05, 3.63) is 90.3 Å². The van der Waals surface area contributed by atoms with Crippen LogP contribution in [-0.2, 0) is 0 Å². The van der Waals surface area contributed by atoms with Crippen molar-refractivity contribution in [3.63, 3.8) is 0 Å². The van der Waals surface area contributed by atoms with Crippen LogP contribution in [0.4, 0.5) is 0 Å². The normalized spacial score (nSPS) is 12.2. The van der Waals surface area contributed by atoms with Gasteiger partial charge in [-0.15, -0.1) is 5.10 Å². The van der Waals surface area contributed by atoms with E-state index in [1.165, 1.54) is 0 Å². The molecule has 0 saturated carbocycles. The SMILES string of the molecule is O=C(c1ccccc1)C(c1ccncc1)n1nnc2ccccc21. The summed E-state index contributed by atoms with van der Waals surface area (Å²) in [4.78, 5) is 17.2. The largest absolute Gasteiger partial charge is 0.291 e. The van der Waals surface area contributed by atoms with Crippen molar-refractivity contribution in [2.75, 3.05) is 0 Å². The average molecular weight is 314 g/mol. The lowest BCUT2D eigenvalue weighted by Crippen LogP contribution is -2.22. The number of Topliss-reactive ketones (excluding diaryl/α,β-unsaturated/α-hetero) is 1. The fourth-order valence-electron chi connectivity index (χ4n) is 2.79. The standard InChI is InChI=1S/C19H14N4O/c24-19(15-6-2-1-3-7-15)18(14-10-12-20-13-11-14)23-17-9-5-4-8-16(17)21-22-23/h1-13,18H. The molecule has 1 unspecified atom stereocenters. The first-order valence-corrected chi connectivity index (χ1v) is 7.64. The Bertz CT molecular complexity index is 980. The van der Waals surface area contributed by atoms with Crippen LogP contribution in [0.25, 0.3) is 11.0 Å². The third-order valence-corrected chi connectivity index (χ3v) is 3.95. The van der Waals surface area contributed by atoms with Gasteiger partial charge in [0.15, 0.2) is 5.78 Å². The highest BCUT2D eigenvalue weighted by atomic mass is 16.1. The summed E-state index contributed by atoms with van der Waals surface area (Å²) in [5.74, 6) is -0.0301. The van der Waals surface area contributed by atoms with Gasteiger partial charge in [0.1, 0.15) is 11.6 Å². The molecule has 4 rings (SSSR count). The summed E-state index contributed by atoms with van der Waals surface area (Å²) in [6.07, 6.45) is 3.36. The molecule has 0 aliphatic rings. The zero-order chi connectivity index (χ0) is 16.4. The van der Waals surface area contributed by atoms with Crippen molar-refractivity contribution in [1.82, 2.24) is 20.0 Å². The van der Waals surface area contributed by atoms with Gasteiger partial charge in [0.05, 0.1) is 5.52 Å².